The van der Waals surface area contributed by atoms with E-state index in [0.29, 0.717) is 0 Å². The molecule has 1 N–H and O–H groups in total. The van der Waals surface area contributed by atoms with Crippen LogP contribution in [-0.4, -0.2) is 51.2 Å². The summed E-state index contributed by atoms with van der Waals surface area (Å²) < 4.78 is 4.85. The maximum absolute atomic E-state index is 11.6. The van der Waals surface area contributed by atoms with Crippen LogP contribution >= 0.6 is 12.4 Å². The molecule has 1 aliphatic heterocycles. The molecular weight excluding hydrogens is 276 g/mol. The molecule has 0 radical (unpaired) electrons. The van der Waals surface area contributed by atoms with Crippen LogP contribution in [0.1, 0.15) is 39.5 Å². The van der Waals surface area contributed by atoms with Gasteiger partial charge in [-0.25, -0.2) is 0 Å². The summed E-state index contributed by atoms with van der Waals surface area (Å²) in [7, 11) is 3.49. The average Bonchev–Trinajstić information content (AvgIpc) is 2.43. The normalized spacial score (nSPS) is 17.6. The lowest BCUT2D eigenvalue weighted by Gasteiger charge is -2.33. The Bertz CT molecular complexity index is 277. The highest BCUT2D eigenvalue weighted by atomic mass is 35.5. The third-order valence-electron chi connectivity index (χ3n) is 4.30. The van der Waals surface area contributed by atoms with E-state index in [1.54, 1.807) is 0 Å². The van der Waals surface area contributed by atoms with Crippen molar-refractivity contribution in [2.24, 2.45) is 11.3 Å². The number of carbonyl (C=O) groups is 1. The quantitative estimate of drug-likeness (QED) is 0.733. The zero-order valence-electron chi connectivity index (χ0n) is 13.4. The average molecular weight is 307 g/mol. The Morgan fingerprint density at radius 2 is 1.95 bits per heavy atom. The van der Waals surface area contributed by atoms with Crippen LogP contribution in [0.2, 0.25) is 0 Å². The van der Waals surface area contributed by atoms with Crippen molar-refractivity contribution < 1.29 is 9.53 Å². The molecule has 1 heterocycles. The van der Waals surface area contributed by atoms with E-state index in [1.165, 1.54) is 39.5 Å². The minimum absolute atomic E-state index is 0. The lowest BCUT2D eigenvalue weighted by molar-refractivity contribution is -0.151. The van der Waals surface area contributed by atoms with E-state index < -0.39 is 0 Å². The molecule has 0 saturated carbocycles. The molecule has 1 rings (SSSR count). The predicted molar refractivity (Wildman–Crippen MR) is 85.4 cm³/mol. The van der Waals surface area contributed by atoms with Crippen molar-refractivity contribution in [3.8, 4) is 0 Å². The maximum Gasteiger partial charge on any atom is 0.311 e. The molecule has 0 atom stereocenters. The van der Waals surface area contributed by atoms with E-state index in [9.17, 15) is 4.79 Å². The SMILES string of the molecule is CNCCC1CCN(CCC(C)(C)C(=O)OC)CC1.Cl. The van der Waals surface area contributed by atoms with Gasteiger partial charge in [0.05, 0.1) is 12.5 Å². The summed E-state index contributed by atoms with van der Waals surface area (Å²) in [4.78, 5) is 14.1. The Hall–Kier alpha value is -0.320. The van der Waals surface area contributed by atoms with Crippen molar-refractivity contribution >= 4 is 18.4 Å². The molecule has 0 spiro atoms. The number of nitrogens with one attached hydrogen (secondary N) is 1. The van der Waals surface area contributed by atoms with E-state index in [4.69, 9.17) is 4.74 Å². The van der Waals surface area contributed by atoms with Gasteiger partial charge in [-0.15, -0.1) is 12.4 Å². The topological polar surface area (TPSA) is 41.6 Å². The van der Waals surface area contributed by atoms with Crippen molar-refractivity contribution in [2.45, 2.75) is 39.5 Å². The largest absolute Gasteiger partial charge is 0.469 e. The molecule has 1 fully saturated rings. The number of esters is 1. The van der Waals surface area contributed by atoms with E-state index >= 15 is 0 Å². The number of piperidine rings is 1. The van der Waals surface area contributed by atoms with Gasteiger partial charge in [-0.05, 0) is 78.7 Å². The van der Waals surface area contributed by atoms with Crippen LogP contribution in [0.25, 0.3) is 0 Å². The van der Waals surface area contributed by atoms with Gasteiger partial charge in [0, 0.05) is 0 Å². The number of nitrogens with zero attached hydrogens (tertiary/aromatic N) is 1. The van der Waals surface area contributed by atoms with Crippen LogP contribution in [-0.2, 0) is 9.53 Å². The highest BCUT2D eigenvalue weighted by molar-refractivity contribution is 5.85. The number of methoxy groups -OCH3 is 1. The molecule has 5 heteroatoms. The molecule has 0 aromatic rings. The minimum atomic E-state index is -0.363. The molecule has 0 amide bonds. The van der Waals surface area contributed by atoms with Crippen LogP contribution in [0.3, 0.4) is 0 Å². The third-order valence-corrected chi connectivity index (χ3v) is 4.30. The summed E-state index contributed by atoms with van der Waals surface area (Å²) in [6, 6.07) is 0. The van der Waals surface area contributed by atoms with E-state index in [-0.39, 0.29) is 23.8 Å². The summed E-state index contributed by atoms with van der Waals surface area (Å²) in [5, 5.41) is 3.23. The standard InChI is InChI=1S/C15H30N2O2.ClH/c1-15(2,14(18)19-4)8-12-17-10-6-13(7-11-17)5-9-16-3;/h13,16H,5-12H2,1-4H3;1H. The molecule has 20 heavy (non-hydrogen) atoms. The van der Waals surface area contributed by atoms with Crippen LogP contribution in [0.15, 0.2) is 0 Å². The highest BCUT2D eigenvalue weighted by Gasteiger charge is 2.29. The molecular formula is C15H31ClN2O2. The molecule has 120 valence electrons. The van der Waals surface area contributed by atoms with E-state index in [0.717, 1.165) is 25.4 Å². The first-order valence-electron chi connectivity index (χ1n) is 7.45. The number of likely N-dealkylation sites (tertiary alicyclic amines) is 1. The number of halogens is 1. The van der Waals surface area contributed by atoms with Gasteiger partial charge in [0.1, 0.15) is 0 Å². The van der Waals surface area contributed by atoms with Gasteiger partial charge < -0.3 is 15.0 Å². The van der Waals surface area contributed by atoms with Gasteiger partial charge in [0.15, 0.2) is 0 Å². The second kappa shape index (κ2) is 9.59. The lowest BCUT2D eigenvalue weighted by Crippen LogP contribution is -2.38. The molecule has 1 saturated heterocycles. The maximum atomic E-state index is 11.6. The molecule has 1 aliphatic rings. The lowest BCUT2D eigenvalue weighted by atomic mass is 9.88. The molecule has 4 nitrogen and oxygen atoms in total. The van der Waals surface area contributed by atoms with Crippen molar-refractivity contribution in [1.29, 1.82) is 0 Å². The summed E-state index contributed by atoms with van der Waals surface area (Å²) >= 11 is 0. The van der Waals surface area contributed by atoms with Gasteiger partial charge in [-0.2, -0.15) is 0 Å². The summed E-state index contributed by atoms with van der Waals surface area (Å²) in [5.74, 6) is 0.772. The Morgan fingerprint density at radius 3 is 2.45 bits per heavy atom. The van der Waals surface area contributed by atoms with Crippen LogP contribution < -0.4 is 5.32 Å². The first-order valence-corrected chi connectivity index (χ1v) is 7.45. The van der Waals surface area contributed by atoms with E-state index in [1.807, 2.05) is 20.9 Å². The Balaban J connectivity index is 0.00000361. The first-order chi connectivity index (χ1) is 8.99. The molecule has 0 aromatic carbocycles. The third kappa shape index (κ3) is 6.42. The molecule has 0 bridgehead atoms. The van der Waals surface area contributed by atoms with Crippen molar-refractivity contribution in [3.05, 3.63) is 0 Å². The van der Waals surface area contributed by atoms with Gasteiger partial charge in [-0.1, -0.05) is 0 Å². The van der Waals surface area contributed by atoms with Crippen molar-refractivity contribution in [1.82, 2.24) is 10.2 Å². The first kappa shape index (κ1) is 19.7. The number of rotatable bonds is 7. The summed E-state index contributed by atoms with van der Waals surface area (Å²) in [6.45, 7) is 8.41. The molecule has 0 aromatic heterocycles. The number of hydrogen-bond acceptors (Lipinski definition) is 4. The van der Waals surface area contributed by atoms with Crippen molar-refractivity contribution in [3.63, 3.8) is 0 Å². The number of hydrogen-bond donors (Lipinski definition) is 1. The summed E-state index contributed by atoms with van der Waals surface area (Å²) in [6.07, 6.45) is 4.75. The second-order valence-electron chi connectivity index (χ2n) is 6.30. The second-order valence-corrected chi connectivity index (χ2v) is 6.30. The number of carbonyl (C=O) groups excluding carboxylic acids is 1. The minimum Gasteiger partial charge on any atom is -0.469 e. The van der Waals surface area contributed by atoms with Gasteiger partial charge in [0.2, 0.25) is 0 Å². The van der Waals surface area contributed by atoms with Gasteiger partial charge in [0.25, 0.3) is 0 Å². The Kier molecular flexibility index (Phi) is 9.43. The highest BCUT2D eigenvalue weighted by Crippen LogP contribution is 2.25. The Labute approximate surface area is 130 Å². The Morgan fingerprint density at radius 1 is 1.35 bits per heavy atom. The van der Waals surface area contributed by atoms with Gasteiger partial charge in [-0.3, -0.25) is 4.79 Å². The smallest absolute Gasteiger partial charge is 0.311 e. The van der Waals surface area contributed by atoms with E-state index in [2.05, 4.69) is 10.2 Å². The fraction of sp³-hybridized carbons (Fsp3) is 0.933. The molecule has 0 aliphatic carbocycles. The molecule has 0 unspecified atom stereocenters. The fourth-order valence-electron chi connectivity index (χ4n) is 2.66. The fourth-order valence-corrected chi connectivity index (χ4v) is 2.66. The van der Waals surface area contributed by atoms with Crippen LogP contribution in [0.5, 0.6) is 0 Å². The van der Waals surface area contributed by atoms with Crippen molar-refractivity contribution in [2.75, 3.05) is 40.3 Å². The zero-order valence-corrected chi connectivity index (χ0v) is 14.2. The monoisotopic (exact) mass is 306 g/mol. The predicted octanol–water partition coefficient (Wildman–Crippen LogP) is 2.32. The zero-order chi connectivity index (χ0) is 14.3. The summed E-state index contributed by atoms with van der Waals surface area (Å²) in [5.41, 5.74) is -0.363. The van der Waals surface area contributed by atoms with Crippen LogP contribution in [0.4, 0.5) is 0 Å². The van der Waals surface area contributed by atoms with Crippen LogP contribution in [0, 0.1) is 11.3 Å². The number of ether oxygens (including phenoxy) is 1. The van der Waals surface area contributed by atoms with Gasteiger partial charge >= 0.3 is 5.97 Å².